The minimum absolute atomic E-state index is 0.00896. The summed E-state index contributed by atoms with van der Waals surface area (Å²) in [6, 6.07) is 12.6. The molecule has 8 nitrogen and oxygen atoms in total. The van der Waals surface area contributed by atoms with Gasteiger partial charge in [-0.05, 0) is 56.3 Å². The topological polar surface area (TPSA) is 101 Å². The van der Waals surface area contributed by atoms with Crippen molar-refractivity contribution in [1.82, 2.24) is 18.8 Å². The highest BCUT2D eigenvalue weighted by atomic mass is 32.2. The highest BCUT2D eigenvalue weighted by Gasteiger charge is 2.27. The molecule has 0 amide bonds. The fraction of sp³-hybridized carbons (Fsp3) is 0.350. The van der Waals surface area contributed by atoms with Crippen molar-refractivity contribution in [2.45, 2.75) is 28.6 Å². The predicted molar refractivity (Wildman–Crippen MR) is 114 cm³/mol. The molecule has 2 heterocycles. The second kappa shape index (κ2) is 7.77. The normalized spacial score (nSPS) is 16.4. The Kier molecular flexibility index (Phi) is 5.43. The number of hydrogen-bond donors (Lipinski definition) is 1. The number of rotatable bonds is 5. The van der Waals surface area contributed by atoms with Crippen LogP contribution in [0.4, 0.5) is 0 Å². The van der Waals surface area contributed by atoms with Gasteiger partial charge >= 0.3 is 0 Å². The Morgan fingerprint density at radius 3 is 2.17 bits per heavy atom. The van der Waals surface area contributed by atoms with Crippen molar-refractivity contribution < 1.29 is 16.8 Å². The van der Waals surface area contributed by atoms with Gasteiger partial charge in [-0.15, -0.1) is 0 Å². The second-order valence-electron chi connectivity index (χ2n) is 7.53. The molecule has 1 fully saturated rings. The molecule has 1 aliphatic rings. The van der Waals surface area contributed by atoms with Crippen LogP contribution in [0, 0.1) is 0 Å². The van der Waals surface area contributed by atoms with Crippen molar-refractivity contribution >= 4 is 30.9 Å². The summed E-state index contributed by atoms with van der Waals surface area (Å²) in [7, 11) is -4.77. The van der Waals surface area contributed by atoms with Crippen LogP contribution in [-0.2, 0) is 20.0 Å². The van der Waals surface area contributed by atoms with Crippen LogP contribution in [0.3, 0.4) is 0 Å². The van der Waals surface area contributed by atoms with Gasteiger partial charge in [-0.3, -0.25) is 0 Å². The fourth-order valence-electron chi connectivity index (χ4n) is 3.74. The van der Waals surface area contributed by atoms with E-state index in [0.29, 0.717) is 5.52 Å². The second-order valence-corrected chi connectivity index (χ2v) is 11.5. The van der Waals surface area contributed by atoms with E-state index in [-0.39, 0.29) is 15.7 Å². The van der Waals surface area contributed by atoms with E-state index in [2.05, 4.69) is 10.4 Å². The Morgan fingerprint density at radius 1 is 0.933 bits per heavy atom. The summed E-state index contributed by atoms with van der Waals surface area (Å²) in [6.45, 7) is 1.75. The van der Waals surface area contributed by atoms with Gasteiger partial charge in [0.2, 0.25) is 10.0 Å². The standard InChI is InChI=1S/C20H24N4O4S2/c1-23(2)29(25,26)16-7-9-17(10-8-16)30(27,28)24-19-6-4-3-5-18(19)20(22-24)15-11-13-21-14-12-15/h3-10,15,21H,11-14H2,1-2H3. The molecule has 1 aromatic heterocycles. The van der Waals surface area contributed by atoms with Gasteiger partial charge in [-0.1, -0.05) is 18.2 Å². The van der Waals surface area contributed by atoms with Gasteiger partial charge in [-0.2, -0.15) is 17.6 Å². The molecule has 0 bridgehead atoms. The number of benzene rings is 2. The van der Waals surface area contributed by atoms with Gasteiger partial charge < -0.3 is 5.32 Å². The van der Waals surface area contributed by atoms with E-state index in [1.54, 1.807) is 12.1 Å². The minimum atomic E-state index is -3.98. The molecule has 0 saturated carbocycles. The highest BCUT2D eigenvalue weighted by molar-refractivity contribution is 7.90. The summed E-state index contributed by atoms with van der Waals surface area (Å²) >= 11 is 0. The summed E-state index contributed by atoms with van der Waals surface area (Å²) in [5.74, 6) is 0.195. The number of aromatic nitrogens is 2. The number of hydrogen-bond acceptors (Lipinski definition) is 6. The van der Waals surface area contributed by atoms with E-state index in [4.69, 9.17) is 0 Å². The Hall–Kier alpha value is -2.27. The van der Waals surface area contributed by atoms with E-state index in [9.17, 15) is 16.8 Å². The average Bonchev–Trinajstić information content (AvgIpc) is 3.15. The van der Waals surface area contributed by atoms with E-state index >= 15 is 0 Å². The van der Waals surface area contributed by atoms with E-state index in [1.165, 1.54) is 38.4 Å². The molecular weight excluding hydrogens is 424 g/mol. The zero-order valence-electron chi connectivity index (χ0n) is 16.8. The number of nitrogens with zero attached hydrogens (tertiary/aromatic N) is 3. The van der Waals surface area contributed by atoms with Crippen LogP contribution in [0.1, 0.15) is 24.5 Å². The van der Waals surface area contributed by atoms with E-state index < -0.39 is 20.0 Å². The number of piperidine rings is 1. The van der Waals surface area contributed by atoms with Crippen LogP contribution < -0.4 is 5.32 Å². The summed E-state index contributed by atoms with van der Waals surface area (Å²) in [6.07, 6.45) is 1.80. The zero-order chi connectivity index (χ0) is 21.5. The molecule has 1 saturated heterocycles. The Bertz CT molecular complexity index is 1270. The smallest absolute Gasteiger partial charge is 0.283 e. The van der Waals surface area contributed by atoms with Crippen LogP contribution in [0.15, 0.2) is 58.3 Å². The Balaban J connectivity index is 1.80. The van der Waals surface area contributed by atoms with E-state index in [1.807, 2.05) is 12.1 Å². The van der Waals surface area contributed by atoms with Gasteiger partial charge in [0.25, 0.3) is 10.0 Å². The lowest BCUT2D eigenvalue weighted by molar-refractivity contribution is 0.453. The molecule has 0 unspecified atom stereocenters. The third-order valence-electron chi connectivity index (χ3n) is 5.44. The maximum absolute atomic E-state index is 13.4. The van der Waals surface area contributed by atoms with Gasteiger partial charge in [0, 0.05) is 25.4 Å². The lowest BCUT2D eigenvalue weighted by atomic mass is 9.93. The van der Waals surface area contributed by atoms with Crippen molar-refractivity contribution in [1.29, 1.82) is 0 Å². The molecule has 160 valence electrons. The lowest BCUT2D eigenvalue weighted by Crippen LogP contribution is -2.27. The van der Waals surface area contributed by atoms with Crippen molar-refractivity contribution in [2.24, 2.45) is 0 Å². The van der Waals surface area contributed by atoms with Crippen molar-refractivity contribution in [3.63, 3.8) is 0 Å². The zero-order valence-corrected chi connectivity index (χ0v) is 18.4. The Labute approximate surface area is 176 Å². The number of fused-ring (bicyclic) bond motifs is 1. The Morgan fingerprint density at radius 2 is 1.53 bits per heavy atom. The molecule has 0 aliphatic carbocycles. The van der Waals surface area contributed by atoms with Crippen molar-refractivity contribution in [3.05, 3.63) is 54.2 Å². The van der Waals surface area contributed by atoms with Crippen LogP contribution in [-0.4, -0.2) is 57.5 Å². The van der Waals surface area contributed by atoms with Gasteiger partial charge in [0.05, 0.1) is 21.0 Å². The van der Waals surface area contributed by atoms with E-state index in [0.717, 1.165) is 45.4 Å². The maximum Gasteiger partial charge on any atom is 0.283 e. The van der Waals surface area contributed by atoms with Crippen LogP contribution in [0.25, 0.3) is 10.9 Å². The fourth-order valence-corrected chi connectivity index (χ4v) is 5.93. The molecule has 0 atom stereocenters. The molecule has 3 aromatic rings. The minimum Gasteiger partial charge on any atom is -0.317 e. The van der Waals surface area contributed by atoms with Crippen LogP contribution in [0.5, 0.6) is 0 Å². The third-order valence-corrected chi connectivity index (χ3v) is 8.87. The lowest BCUT2D eigenvalue weighted by Gasteiger charge is -2.21. The van der Waals surface area contributed by atoms with Gasteiger partial charge in [-0.25, -0.2) is 12.7 Å². The molecule has 1 aliphatic heterocycles. The first-order valence-corrected chi connectivity index (χ1v) is 12.6. The summed E-state index contributed by atoms with van der Waals surface area (Å²) in [5, 5.41) is 8.68. The number of sulfonamides is 1. The van der Waals surface area contributed by atoms with Crippen LogP contribution >= 0.6 is 0 Å². The SMILES string of the molecule is CN(C)S(=O)(=O)c1ccc(S(=O)(=O)n2nc(C3CCNCC3)c3ccccc32)cc1. The van der Waals surface area contributed by atoms with Gasteiger partial charge in [0.15, 0.2) is 0 Å². The van der Waals surface area contributed by atoms with Crippen LogP contribution in [0.2, 0.25) is 0 Å². The largest absolute Gasteiger partial charge is 0.317 e. The van der Waals surface area contributed by atoms with Gasteiger partial charge in [0.1, 0.15) is 0 Å². The molecule has 4 rings (SSSR count). The number of para-hydroxylation sites is 1. The first kappa shape index (κ1) is 21.0. The summed E-state index contributed by atoms with van der Waals surface area (Å²) < 4.78 is 53.4. The third kappa shape index (κ3) is 3.53. The van der Waals surface area contributed by atoms with Crippen molar-refractivity contribution in [3.8, 4) is 0 Å². The molecule has 10 heteroatoms. The first-order valence-electron chi connectivity index (χ1n) is 9.69. The molecule has 0 radical (unpaired) electrons. The number of nitrogens with one attached hydrogen (secondary N) is 1. The summed E-state index contributed by atoms with van der Waals surface area (Å²) in [5.41, 5.74) is 1.32. The molecule has 0 spiro atoms. The van der Waals surface area contributed by atoms with Crippen molar-refractivity contribution in [2.75, 3.05) is 27.2 Å². The first-order chi connectivity index (χ1) is 14.2. The summed E-state index contributed by atoms with van der Waals surface area (Å²) in [4.78, 5) is 0.0255. The maximum atomic E-state index is 13.4. The molecule has 2 aromatic carbocycles. The average molecular weight is 449 g/mol. The quantitative estimate of drug-likeness (QED) is 0.641. The highest BCUT2D eigenvalue weighted by Crippen LogP contribution is 2.32. The monoisotopic (exact) mass is 448 g/mol. The molecule has 30 heavy (non-hydrogen) atoms. The predicted octanol–water partition coefficient (Wildman–Crippen LogP) is 1.99. The molecular formula is C20H24N4O4S2. The molecule has 1 N–H and O–H groups in total.